The van der Waals surface area contributed by atoms with Crippen LogP contribution in [0.25, 0.3) is 0 Å². The molecule has 0 heterocycles. The molecule has 0 radical (unpaired) electrons. The summed E-state index contributed by atoms with van der Waals surface area (Å²) < 4.78 is 0. The maximum Gasteiger partial charge on any atom is 0.335 e. The molecule has 0 saturated carbocycles. The SMILES string of the molecule is CCON=Nc1ccc(C(=O)O)cc1. The first-order valence-corrected chi connectivity index (χ1v) is 4.10. The van der Waals surface area contributed by atoms with Gasteiger partial charge in [-0.3, -0.25) is 0 Å². The number of hydrogen-bond donors (Lipinski definition) is 1. The maximum absolute atomic E-state index is 10.5. The van der Waals surface area contributed by atoms with Crippen molar-refractivity contribution in [1.29, 1.82) is 0 Å². The molecule has 0 amide bonds. The molecule has 0 bridgehead atoms. The standard InChI is InChI=1S/C9H10N2O3/c1-2-14-11-10-8-5-3-7(4-6-8)9(12)13/h3-6H,2H2,1H3,(H,12,13). The first-order chi connectivity index (χ1) is 6.74. The van der Waals surface area contributed by atoms with E-state index in [1.165, 1.54) is 12.1 Å². The summed E-state index contributed by atoms with van der Waals surface area (Å²) in [5.74, 6) is -0.960. The lowest BCUT2D eigenvalue weighted by Gasteiger charge is -1.94. The number of benzene rings is 1. The molecular formula is C9H10N2O3. The van der Waals surface area contributed by atoms with Crippen LogP contribution < -0.4 is 0 Å². The second-order valence-electron chi connectivity index (χ2n) is 2.45. The van der Waals surface area contributed by atoms with Crippen molar-refractivity contribution < 1.29 is 14.7 Å². The van der Waals surface area contributed by atoms with Gasteiger partial charge < -0.3 is 9.94 Å². The van der Waals surface area contributed by atoms with E-state index < -0.39 is 5.97 Å². The van der Waals surface area contributed by atoms with E-state index in [2.05, 4.69) is 15.2 Å². The monoisotopic (exact) mass is 194 g/mol. The number of hydrogen-bond acceptors (Lipinski definition) is 4. The van der Waals surface area contributed by atoms with E-state index in [0.717, 1.165) is 0 Å². The number of nitrogens with zero attached hydrogens (tertiary/aromatic N) is 2. The molecule has 0 aliphatic heterocycles. The quantitative estimate of drug-likeness (QED) is 0.591. The van der Waals surface area contributed by atoms with Gasteiger partial charge in [0.1, 0.15) is 6.61 Å². The Morgan fingerprint density at radius 3 is 2.57 bits per heavy atom. The zero-order chi connectivity index (χ0) is 10.4. The topological polar surface area (TPSA) is 71.2 Å². The fraction of sp³-hybridized carbons (Fsp3) is 0.222. The fourth-order valence-electron chi connectivity index (χ4n) is 0.804. The molecule has 0 aliphatic rings. The molecule has 0 saturated heterocycles. The van der Waals surface area contributed by atoms with Crippen molar-refractivity contribution in [3.63, 3.8) is 0 Å². The maximum atomic E-state index is 10.5. The van der Waals surface area contributed by atoms with Gasteiger partial charge in [0.15, 0.2) is 0 Å². The van der Waals surface area contributed by atoms with Crippen LogP contribution in [0.3, 0.4) is 0 Å². The van der Waals surface area contributed by atoms with E-state index in [-0.39, 0.29) is 5.56 Å². The summed E-state index contributed by atoms with van der Waals surface area (Å²) in [5.41, 5.74) is 0.781. The molecule has 5 heteroatoms. The zero-order valence-electron chi connectivity index (χ0n) is 7.67. The van der Waals surface area contributed by atoms with Gasteiger partial charge in [-0.1, -0.05) is 0 Å². The molecule has 0 fully saturated rings. The molecule has 1 rings (SSSR count). The van der Waals surface area contributed by atoms with E-state index >= 15 is 0 Å². The van der Waals surface area contributed by atoms with E-state index in [9.17, 15) is 4.79 Å². The van der Waals surface area contributed by atoms with Crippen LogP contribution in [0, 0.1) is 0 Å². The van der Waals surface area contributed by atoms with Gasteiger partial charge >= 0.3 is 5.97 Å². The van der Waals surface area contributed by atoms with Gasteiger partial charge in [0, 0.05) is 5.28 Å². The molecule has 1 aromatic rings. The highest BCUT2D eigenvalue weighted by Gasteiger charge is 2.00. The summed E-state index contributed by atoms with van der Waals surface area (Å²) in [4.78, 5) is 15.2. The summed E-state index contributed by atoms with van der Waals surface area (Å²) in [6.45, 7) is 2.25. The predicted molar refractivity (Wildman–Crippen MR) is 49.5 cm³/mol. The van der Waals surface area contributed by atoms with Crippen LogP contribution in [0.5, 0.6) is 0 Å². The van der Waals surface area contributed by atoms with Crippen LogP contribution >= 0.6 is 0 Å². The van der Waals surface area contributed by atoms with Crippen molar-refractivity contribution in [3.8, 4) is 0 Å². The third-order valence-electron chi connectivity index (χ3n) is 1.46. The van der Waals surface area contributed by atoms with Crippen LogP contribution in [0.1, 0.15) is 17.3 Å². The van der Waals surface area contributed by atoms with Crippen LogP contribution in [-0.2, 0) is 4.84 Å². The third-order valence-corrected chi connectivity index (χ3v) is 1.46. The minimum absolute atomic E-state index is 0.223. The minimum atomic E-state index is -0.960. The molecule has 0 unspecified atom stereocenters. The third kappa shape index (κ3) is 2.85. The lowest BCUT2D eigenvalue weighted by atomic mass is 10.2. The molecule has 14 heavy (non-hydrogen) atoms. The molecule has 0 atom stereocenters. The molecular weight excluding hydrogens is 184 g/mol. The van der Waals surface area contributed by atoms with E-state index in [4.69, 9.17) is 5.11 Å². The van der Waals surface area contributed by atoms with Crippen molar-refractivity contribution in [3.05, 3.63) is 29.8 Å². The number of carbonyl (C=O) groups is 1. The average Bonchev–Trinajstić information content (AvgIpc) is 2.19. The van der Waals surface area contributed by atoms with Crippen molar-refractivity contribution in [1.82, 2.24) is 0 Å². The fourth-order valence-corrected chi connectivity index (χ4v) is 0.804. The minimum Gasteiger partial charge on any atom is -0.478 e. The Morgan fingerprint density at radius 2 is 2.07 bits per heavy atom. The van der Waals surface area contributed by atoms with Gasteiger partial charge in [-0.05, 0) is 31.2 Å². The molecule has 1 aromatic carbocycles. The van der Waals surface area contributed by atoms with Gasteiger partial charge in [-0.2, -0.15) is 0 Å². The first-order valence-electron chi connectivity index (χ1n) is 4.10. The first kappa shape index (κ1) is 10.2. The highest BCUT2D eigenvalue weighted by atomic mass is 16.6. The lowest BCUT2D eigenvalue weighted by molar-refractivity contribution is 0.0697. The number of carboxylic acids is 1. The van der Waals surface area contributed by atoms with Crippen molar-refractivity contribution in [2.75, 3.05) is 6.61 Å². The second kappa shape index (κ2) is 4.96. The zero-order valence-corrected chi connectivity index (χ0v) is 7.67. The van der Waals surface area contributed by atoms with E-state index in [1.807, 2.05) is 0 Å². The Hall–Kier alpha value is -1.91. The lowest BCUT2D eigenvalue weighted by Crippen LogP contribution is -1.93. The van der Waals surface area contributed by atoms with Crippen molar-refractivity contribution >= 4 is 11.7 Å². The van der Waals surface area contributed by atoms with Crippen molar-refractivity contribution in [2.45, 2.75) is 6.92 Å². The van der Waals surface area contributed by atoms with Gasteiger partial charge in [-0.25, -0.2) is 4.79 Å². The Balaban J connectivity index is 2.68. The summed E-state index contributed by atoms with van der Waals surface area (Å²) in [6.07, 6.45) is 0. The van der Waals surface area contributed by atoms with Gasteiger partial charge in [-0.15, -0.1) is 5.11 Å². The Kier molecular flexibility index (Phi) is 3.60. The van der Waals surface area contributed by atoms with Gasteiger partial charge in [0.05, 0.1) is 11.3 Å². The van der Waals surface area contributed by atoms with Gasteiger partial charge in [0.25, 0.3) is 0 Å². The molecule has 0 aliphatic carbocycles. The Labute approximate surface area is 81.0 Å². The molecule has 5 nitrogen and oxygen atoms in total. The molecule has 1 N–H and O–H groups in total. The highest BCUT2D eigenvalue weighted by Crippen LogP contribution is 2.13. The largest absolute Gasteiger partial charge is 0.478 e. The smallest absolute Gasteiger partial charge is 0.335 e. The molecule has 0 spiro atoms. The second-order valence-corrected chi connectivity index (χ2v) is 2.45. The van der Waals surface area contributed by atoms with Crippen molar-refractivity contribution in [2.24, 2.45) is 10.4 Å². The Bertz CT molecular complexity index is 332. The van der Waals surface area contributed by atoms with Crippen LogP contribution in [0.15, 0.2) is 34.7 Å². The van der Waals surface area contributed by atoms with Crippen LogP contribution in [0.2, 0.25) is 0 Å². The molecule has 0 aromatic heterocycles. The van der Waals surface area contributed by atoms with E-state index in [0.29, 0.717) is 12.3 Å². The number of carboxylic acid groups (broad SMARTS) is 1. The summed E-state index contributed by atoms with van der Waals surface area (Å²) in [5, 5.41) is 15.7. The summed E-state index contributed by atoms with van der Waals surface area (Å²) in [6, 6.07) is 6.04. The highest BCUT2D eigenvalue weighted by molar-refractivity contribution is 5.87. The normalized spacial score (nSPS) is 10.4. The van der Waals surface area contributed by atoms with Crippen LogP contribution in [-0.4, -0.2) is 17.7 Å². The average molecular weight is 194 g/mol. The van der Waals surface area contributed by atoms with Gasteiger partial charge in [0.2, 0.25) is 0 Å². The number of rotatable bonds is 4. The van der Waals surface area contributed by atoms with E-state index in [1.54, 1.807) is 19.1 Å². The molecule has 74 valence electrons. The van der Waals surface area contributed by atoms with Crippen LogP contribution in [0.4, 0.5) is 5.69 Å². The predicted octanol–water partition coefficient (Wildman–Crippen LogP) is 2.42. The number of aromatic carboxylic acids is 1. The summed E-state index contributed by atoms with van der Waals surface area (Å²) in [7, 11) is 0. The summed E-state index contributed by atoms with van der Waals surface area (Å²) >= 11 is 0. The Morgan fingerprint density at radius 1 is 1.43 bits per heavy atom.